The summed E-state index contributed by atoms with van der Waals surface area (Å²) in [6.07, 6.45) is 4.82. The van der Waals surface area contributed by atoms with Gasteiger partial charge in [0.2, 0.25) is 0 Å². The van der Waals surface area contributed by atoms with E-state index in [1.165, 1.54) is 19.3 Å². The van der Waals surface area contributed by atoms with Gasteiger partial charge >= 0.3 is 0 Å². The van der Waals surface area contributed by atoms with Crippen LogP contribution in [-0.4, -0.2) is 24.3 Å². The number of aliphatic hydroxyl groups is 1. The summed E-state index contributed by atoms with van der Waals surface area (Å²) in [4.78, 5) is 0. The highest BCUT2D eigenvalue weighted by molar-refractivity contribution is 4.70. The van der Waals surface area contributed by atoms with Crippen LogP contribution in [0.25, 0.3) is 0 Å². The van der Waals surface area contributed by atoms with Crippen molar-refractivity contribution in [2.45, 2.75) is 31.7 Å². The predicted molar refractivity (Wildman–Crippen MR) is 37.3 cm³/mol. The van der Waals surface area contributed by atoms with Crippen LogP contribution in [0.3, 0.4) is 0 Å². The molecule has 1 atom stereocenters. The lowest BCUT2D eigenvalue weighted by Gasteiger charge is -2.22. The second-order valence-electron chi connectivity index (χ2n) is 2.66. The Labute approximate surface area is 56.3 Å². The second kappa shape index (κ2) is 3.85. The zero-order valence-electron chi connectivity index (χ0n) is 5.77. The summed E-state index contributed by atoms with van der Waals surface area (Å²) in [5.41, 5.74) is 0. The lowest BCUT2D eigenvalue weighted by molar-refractivity contribution is 0.250. The van der Waals surface area contributed by atoms with Crippen LogP contribution in [0, 0.1) is 0 Å². The number of nitrogens with one attached hydrogen (secondary N) is 1. The first kappa shape index (κ1) is 7.03. The molecule has 0 aromatic rings. The van der Waals surface area contributed by atoms with Gasteiger partial charge in [-0.2, -0.15) is 0 Å². The third-order valence-electron chi connectivity index (χ3n) is 1.89. The van der Waals surface area contributed by atoms with Crippen molar-refractivity contribution < 1.29 is 5.11 Å². The Hall–Kier alpha value is -0.0800. The highest BCUT2D eigenvalue weighted by Crippen LogP contribution is 2.08. The molecule has 0 radical (unpaired) electrons. The van der Waals surface area contributed by atoms with Crippen molar-refractivity contribution in [2.75, 3.05) is 13.2 Å². The second-order valence-corrected chi connectivity index (χ2v) is 2.66. The normalized spacial score (nSPS) is 28.3. The molecule has 1 rings (SSSR count). The summed E-state index contributed by atoms with van der Waals surface area (Å²) in [7, 11) is 0. The fourth-order valence-corrected chi connectivity index (χ4v) is 1.33. The maximum Gasteiger partial charge on any atom is 0.0445 e. The number of hydrogen-bond acceptors (Lipinski definition) is 2. The molecule has 0 spiro atoms. The van der Waals surface area contributed by atoms with Gasteiger partial charge < -0.3 is 10.4 Å². The minimum atomic E-state index is 0.331. The van der Waals surface area contributed by atoms with Gasteiger partial charge in [-0.1, -0.05) is 6.42 Å². The summed E-state index contributed by atoms with van der Waals surface area (Å²) in [5, 5.41) is 11.9. The first-order valence-corrected chi connectivity index (χ1v) is 3.77. The van der Waals surface area contributed by atoms with Gasteiger partial charge in [0.1, 0.15) is 0 Å². The van der Waals surface area contributed by atoms with Gasteiger partial charge in [-0.25, -0.2) is 0 Å². The third kappa shape index (κ3) is 2.33. The smallest absolute Gasteiger partial charge is 0.0445 e. The average Bonchev–Trinajstić information content (AvgIpc) is 1.91. The van der Waals surface area contributed by atoms with E-state index in [1.807, 2.05) is 0 Å². The van der Waals surface area contributed by atoms with Crippen LogP contribution in [0.2, 0.25) is 0 Å². The largest absolute Gasteiger partial charge is 0.396 e. The molecule has 0 amide bonds. The van der Waals surface area contributed by atoms with Gasteiger partial charge in [-0.05, 0) is 25.8 Å². The van der Waals surface area contributed by atoms with Crippen molar-refractivity contribution in [3.8, 4) is 0 Å². The van der Waals surface area contributed by atoms with Gasteiger partial charge in [0.05, 0.1) is 0 Å². The quantitative estimate of drug-likeness (QED) is 0.569. The van der Waals surface area contributed by atoms with E-state index in [0.29, 0.717) is 12.6 Å². The van der Waals surface area contributed by atoms with Gasteiger partial charge in [-0.3, -0.25) is 0 Å². The number of piperidine rings is 1. The van der Waals surface area contributed by atoms with Crippen LogP contribution < -0.4 is 5.32 Å². The molecule has 2 heteroatoms. The van der Waals surface area contributed by atoms with Gasteiger partial charge in [0, 0.05) is 12.6 Å². The fraction of sp³-hybridized carbons (Fsp3) is 1.00. The Morgan fingerprint density at radius 2 is 2.33 bits per heavy atom. The minimum absolute atomic E-state index is 0.331. The van der Waals surface area contributed by atoms with Crippen LogP contribution in [0.15, 0.2) is 0 Å². The van der Waals surface area contributed by atoms with Crippen molar-refractivity contribution in [3.63, 3.8) is 0 Å². The highest BCUT2D eigenvalue weighted by Gasteiger charge is 2.10. The molecule has 1 saturated heterocycles. The van der Waals surface area contributed by atoms with Crippen LogP contribution >= 0.6 is 0 Å². The van der Waals surface area contributed by atoms with Gasteiger partial charge in [0.25, 0.3) is 0 Å². The number of hydrogen-bond donors (Lipinski definition) is 2. The number of rotatable bonds is 2. The van der Waals surface area contributed by atoms with Crippen LogP contribution in [-0.2, 0) is 0 Å². The van der Waals surface area contributed by atoms with E-state index in [1.54, 1.807) is 0 Å². The van der Waals surface area contributed by atoms with E-state index in [-0.39, 0.29) is 0 Å². The molecule has 0 bridgehead atoms. The van der Waals surface area contributed by atoms with Crippen molar-refractivity contribution in [1.82, 2.24) is 5.32 Å². The molecule has 0 aromatic carbocycles. The molecule has 0 aromatic heterocycles. The van der Waals surface area contributed by atoms with Crippen molar-refractivity contribution >= 4 is 0 Å². The highest BCUT2D eigenvalue weighted by atomic mass is 16.3. The third-order valence-corrected chi connectivity index (χ3v) is 1.89. The van der Waals surface area contributed by atoms with E-state index in [2.05, 4.69) is 5.32 Å². The van der Waals surface area contributed by atoms with Crippen molar-refractivity contribution in [2.24, 2.45) is 0 Å². The Morgan fingerprint density at radius 1 is 1.44 bits per heavy atom. The molecule has 9 heavy (non-hydrogen) atoms. The van der Waals surface area contributed by atoms with Crippen LogP contribution in [0.5, 0.6) is 0 Å². The first-order chi connectivity index (χ1) is 4.43. The van der Waals surface area contributed by atoms with Crippen LogP contribution in [0.1, 0.15) is 25.7 Å². The summed E-state index contributed by atoms with van der Waals surface area (Å²) in [6, 6.07) is 0.601. The lowest BCUT2D eigenvalue weighted by atomic mass is 10.0. The fourth-order valence-electron chi connectivity index (χ4n) is 1.33. The molecule has 1 aliphatic heterocycles. The van der Waals surface area contributed by atoms with Crippen molar-refractivity contribution in [3.05, 3.63) is 0 Å². The Kier molecular flexibility index (Phi) is 3.01. The number of aliphatic hydroxyl groups excluding tert-OH is 1. The zero-order chi connectivity index (χ0) is 6.53. The standard InChI is InChI=1S/C7H15NO/c9-6-4-7-3-1-2-5-8-7/h7-9H,1-6H2/t7-/m1/s1. The molecule has 1 aliphatic rings. The zero-order valence-corrected chi connectivity index (χ0v) is 5.77. The minimum Gasteiger partial charge on any atom is -0.396 e. The first-order valence-electron chi connectivity index (χ1n) is 3.77. The van der Waals surface area contributed by atoms with Gasteiger partial charge in [0.15, 0.2) is 0 Å². The maximum absolute atomic E-state index is 8.58. The molecular weight excluding hydrogens is 114 g/mol. The topological polar surface area (TPSA) is 32.3 Å². The maximum atomic E-state index is 8.58. The van der Waals surface area contributed by atoms with E-state index in [9.17, 15) is 0 Å². The molecule has 1 heterocycles. The van der Waals surface area contributed by atoms with E-state index < -0.39 is 0 Å². The summed E-state index contributed by atoms with van der Waals surface area (Å²) >= 11 is 0. The Bertz CT molecular complexity index is 66.6. The van der Waals surface area contributed by atoms with E-state index in [0.717, 1.165) is 13.0 Å². The van der Waals surface area contributed by atoms with E-state index >= 15 is 0 Å². The summed E-state index contributed by atoms with van der Waals surface area (Å²) < 4.78 is 0. The summed E-state index contributed by atoms with van der Waals surface area (Å²) in [5.74, 6) is 0. The average molecular weight is 129 g/mol. The molecule has 54 valence electrons. The molecule has 0 saturated carbocycles. The molecule has 0 unspecified atom stereocenters. The molecule has 1 fully saturated rings. The van der Waals surface area contributed by atoms with Gasteiger partial charge in [-0.15, -0.1) is 0 Å². The molecule has 2 N–H and O–H groups in total. The SMILES string of the molecule is OCC[C@H]1CCCCN1. The van der Waals surface area contributed by atoms with E-state index in [4.69, 9.17) is 5.11 Å². The lowest BCUT2D eigenvalue weighted by Crippen LogP contribution is -2.34. The molecular formula is C7H15NO. The Balaban J connectivity index is 2.08. The summed E-state index contributed by atoms with van der Waals surface area (Å²) in [6.45, 7) is 1.47. The monoisotopic (exact) mass is 129 g/mol. The van der Waals surface area contributed by atoms with Crippen LogP contribution in [0.4, 0.5) is 0 Å². The Morgan fingerprint density at radius 3 is 2.89 bits per heavy atom. The molecule has 2 nitrogen and oxygen atoms in total. The van der Waals surface area contributed by atoms with Crippen molar-refractivity contribution in [1.29, 1.82) is 0 Å². The predicted octanol–water partition coefficient (Wildman–Crippen LogP) is 0.511. The molecule has 0 aliphatic carbocycles.